The number of ether oxygens (including phenoxy) is 1. The van der Waals surface area contributed by atoms with Gasteiger partial charge in [0.05, 0.1) is 11.5 Å². The zero-order valence-electron chi connectivity index (χ0n) is 9.76. The molecule has 2 N–H and O–H groups in total. The Kier molecular flexibility index (Phi) is 3.72. The number of halogens is 1. The Labute approximate surface area is 116 Å². The lowest BCUT2D eigenvalue weighted by Gasteiger charge is -2.24. The van der Waals surface area contributed by atoms with Crippen molar-refractivity contribution in [1.82, 2.24) is 0 Å². The number of benzene rings is 1. The van der Waals surface area contributed by atoms with Crippen LogP contribution in [0.25, 0.3) is 0 Å². The van der Waals surface area contributed by atoms with Crippen LogP contribution in [-0.2, 0) is 9.53 Å². The molecule has 1 unspecified atom stereocenters. The Morgan fingerprint density at radius 1 is 1.58 bits per heavy atom. The van der Waals surface area contributed by atoms with Crippen molar-refractivity contribution in [2.75, 3.05) is 18.5 Å². The number of aliphatic carboxylic acids is 1. The van der Waals surface area contributed by atoms with Crippen LogP contribution >= 0.6 is 15.9 Å². The number of anilines is 1. The van der Waals surface area contributed by atoms with Gasteiger partial charge in [0, 0.05) is 23.6 Å². The van der Waals surface area contributed by atoms with Crippen molar-refractivity contribution in [2.24, 2.45) is 0 Å². The summed E-state index contributed by atoms with van der Waals surface area (Å²) in [6, 6.07) is 4.42. The van der Waals surface area contributed by atoms with Crippen LogP contribution in [0.15, 0.2) is 22.7 Å². The Bertz CT molecular complexity index is 528. The Morgan fingerprint density at radius 2 is 2.32 bits per heavy atom. The number of nitrogens with one attached hydrogen (secondary N) is 1. The quantitative estimate of drug-likeness (QED) is 0.646. The van der Waals surface area contributed by atoms with E-state index >= 15 is 0 Å². The smallest absolute Gasteiger partial charge is 0.331 e. The number of hydrogen-bond acceptors (Lipinski definition) is 5. The number of nitrogens with zero attached hydrogens (tertiary/aromatic N) is 1. The van der Waals surface area contributed by atoms with Gasteiger partial charge >= 0.3 is 5.97 Å². The molecule has 1 aromatic carbocycles. The molecule has 7 nitrogen and oxygen atoms in total. The van der Waals surface area contributed by atoms with Crippen LogP contribution in [0.3, 0.4) is 0 Å². The lowest BCUT2D eigenvalue weighted by Crippen LogP contribution is -2.47. The summed E-state index contributed by atoms with van der Waals surface area (Å²) in [6.45, 7) is 0.291. The Hall–Kier alpha value is -1.67. The summed E-state index contributed by atoms with van der Waals surface area (Å²) in [7, 11) is 0. The van der Waals surface area contributed by atoms with E-state index in [2.05, 4.69) is 21.2 Å². The second kappa shape index (κ2) is 5.14. The van der Waals surface area contributed by atoms with E-state index in [0.29, 0.717) is 11.1 Å². The van der Waals surface area contributed by atoms with Gasteiger partial charge in [-0.2, -0.15) is 0 Å². The number of nitro benzene ring substituents is 1. The molecule has 1 aliphatic heterocycles. The highest BCUT2D eigenvalue weighted by molar-refractivity contribution is 9.10. The van der Waals surface area contributed by atoms with Gasteiger partial charge in [0.1, 0.15) is 5.69 Å². The number of carboxylic acids is 1. The third kappa shape index (κ3) is 2.69. The molecule has 0 amide bonds. The van der Waals surface area contributed by atoms with E-state index < -0.39 is 16.4 Å². The summed E-state index contributed by atoms with van der Waals surface area (Å²) in [5.74, 6) is -1.08. The minimum Gasteiger partial charge on any atom is -0.479 e. The number of rotatable bonds is 4. The largest absolute Gasteiger partial charge is 0.479 e. The molecule has 1 fully saturated rings. The van der Waals surface area contributed by atoms with E-state index in [-0.39, 0.29) is 24.4 Å². The van der Waals surface area contributed by atoms with E-state index in [4.69, 9.17) is 4.74 Å². The molecule has 0 aliphatic carbocycles. The molecule has 1 aromatic rings. The standard InChI is InChI=1S/C11H11BrN2O5/c12-7-1-2-8(9(5-7)14(17)18)13-11(10(15)16)3-4-19-6-11/h1-2,5,13H,3-4,6H2,(H,15,16). The average molecular weight is 331 g/mol. The first kappa shape index (κ1) is 13.8. The minimum atomic E-state index is -1.31. The predicted molar refractivity (Wildman–Crippen MR) is 70.2 cm³/mol. The highest BCUT2D eigenvalue weighted by Gasteiger charge is 2.43. The molecule has 1 atom stereocenters. The molecule has 0 bridgehead atoms. The van der Waals surface area contributed by atoms with Crippen LogP contribution in [-0.4, -0.2) is 34.8 Å². The average Bonchev–Trinajstić information content (AvgIpc) is 2.81. The molecule has 1 saturated heterocycles. The lowest BCUT2D eigenvalue weighted by atomic mass is 9.98. The number of nitro groups is 1. The van der Waals surface area contributed by atoms with Crippen molar-refractivity contribution >= 4 is 33.3 Å². The van der Waals surface area contributed by atoms with E-state index in [1.165, 1.54) is 12.1 Å². The molecule has 0 aromatic heterocycles. The van der Waals surface area contributed by atoms with E-state index in [0.717, 1.165) is 0 Å². The van der Waals surface area contributed by atoms with E-state index in [1.807, 2.05) is 0 Å². The number of carboxylic acid groups (broad SMARTS) is 1. The van der Waals surface area contributed by atoms with E-state index in [9.17, 15) is 20.0 Å². The Balaban J connectivity index is 2.37. The van der Waals surface area contributed by atoms with Gasteiger partial charge in [0.15, 0.2) is 5.54 Å². The molecule has 2 rings (SSSR count). The predicted octanol–water partition coefficient (Wildman–Crippen LogP) is 2.01. The summed E-state index contributed by atoms with van der Waals surface area (Å²) in [5.41, 5.74) is -1.32. The van der Waals surface area contributed by atoms with Crippen LogP contribution in [0.5, 0.6) is 0 Å². The fraction of sp³-hybridized carbons (Fsp3) is 0.364. The maximum Gasteiger partial charge on any atom is 0.331 e. The first-order valence-corrected chi connectivity index (χ1v) is 6.27. The highest BCUT2D eigenvalue weighted by Crippen LogP contribution is 2.32. The molecule has 102 valence electrons. The second-order valence-corrected chi connectivity index (χ2v) is 5.15. The first-order valence-electron chi connectivity index (χ1n) is 5.48. The molecule has 0 spiro atoms. The van der Waals surface area contributed by atoms with Crippen molar-refractivity contribution < 1.29 is 19.6 Å². The van der Waals surface area contributed by atoms with Crippen molar-refractivity contribution in [3.05, 3.63) is 32.8 Å². The van der Waals surface area contributed by atoms with Crippen LogP contribution in [0.1, 0.15) is 6.42 Å². The van der Waals surface area contributed by atoms with Gasteiger partial charge in [0.2, 0.25) is 0 Å². The topological polar surface area (TPSA) is 102 Å². The van der Waals surface area contributed by atoms with Crippen molar-refractivity contribution in [1.29, 1.82) is 0 Å². The second-order valence-electron chi connectivity index (χ2n) is 4.23. The minimum absolute atomic E-state index is 0.0183. The monoisotopic (exact) mass is 330 g/mol. The highest BCUT2D eigenvalue weighted by atomic mass is 79.9. The van der Waals surface area contributed by atoms with Gasteiger partial charge in [0.25, 0.3) is 5.69 Å². The summed E-state index contributed by atoms with van der Waals surface area (Å²) < 4.78 is 5.65. The lowest BCUT2D eigenvalue weighted by molar-refractivity contribution is -0.384. The van der Waals surface area contributed by atoms with Gasteiger partial charge in [-0.3, -0.25) is 10.1 Å². The summed E-state index contributed by atoms with van der Waals surface area (Å²) in [4.78, 5) is 21.8. The number of hydrogen-bond donors (Lipinski definition) is 2. The zero-order valence-corrected chi connectivity index (χ0v) is 11.3. The molecular weight excluding hydrogens is 320 g/mol. The van der Waals surface area contributed by atoms with Crippen LogP contribution in [0, 0.1) is 10.1 Å². The van der Waals surface area contributed by atoms with Crippen molar-refractivity contribution in [3.63, 3.8) is 0 Å². The van der Waals surface area contributed by atoms with Gasteiger partial charge in [-0.1, -0.05) is 15.9 Å². The maximum atomic E-state index is 11.4. The Morgan fingerprint density at radius 3 is 2.84 bits per heavy atom. The fourth-order valence-corrected chi connectivity index (χ4v) is 2.25. The summed E-state index contributed by atoms with van der Waals surface area (Å²) in [6.07, 6.45) is 0.259. The number of carbonyl (C=O) groups is 1. The zero-order chi connectivity index (χ0) is 14.0. The van der Waals surface area contributed by atoms with E-state index in [1.54, 1.807) is 6.07 Å². The van der Waals surface area contributed by atoms with Crippen LogP contribution in [0.2, 0.25) is 0 Å². The molecule has 19 heavy (non-hydrogen) atoms. The van der Waals surface area contributed by atoms with Crippen molar-refractivity contribution in [2.45, 2.75) is 12.0 Å². The van der Waals surface area contributed by atoms with Gasteiger partial charge in [-0.25, -0.2) is 4.79 Å². The summed E-state index contributed by atoms with van der Waals surface area (Å²) in [5, 5.41) is 23.0. The molecule has 1 aliphatic rings. The van der Waals surface area contributed by atoms with Crippen LogP contribution in [0.4, 0.5) is 11.4 Å². The molecule has 0 saturated carbocycles. The SMILES string of the molecule is O=C(O)C1(Nc2ccc(Br)cc2[N+](=O)[O-])CCOC1. The van der Waals surface area contributed by atoms with Gasteiger partial charge in [-0.05, 0) is 12.1 Å². The molecule has 0 radical (unpaired) electrons. The third-order valence-electron chi connectivity index (χ3n) is 2.96. The van der Waals surface area contributed by atoms with Crippen molar-refractivity contribution in [3.8, 4) is 0 Å². The van der Waals surface area contributed by atoms with Crippen LogP contribution < -0.4 is 5.32 Å². The molecular formula is C11H11BrN2O5. The molecule has 8 heteroatoms. The normalized spacial score (nSPS) is 22.2. The summed E-state index contributed by atoms with van der Waals surface area (Å²) >= 11 is 3.15. The van der Waals surface area contributed by atoms with Gasteiger partial charge < -0.3 is 15.2 Å². The molecule has 1 heterocycles. The third-order valence-corrected chi connectivity index (χ3v) is 3.45. The van der Waals surface area contributed by atoms with Gasteiger partial charge in [-0.15, -0.1) is 0 Å². The fourth-order valence-electron chi connectivity index (χ4n) is 1.91. The first-order chi connectivity index (χ1) is 8.94. The maximum absolute atomic E-state index is 11.4.